The molecule has 0 radical (unpaired) electrons. The lowest BCUT2D eigenvalue weighted by atomic mass is 10.3. The van der Waals surface area contributed by atoms with Crippen molar-refractivity contribution in [2.24, 2.45) is 0 Å². The van der Waals surface area contributed by atoms with Gasteiger partial charge in [-0.05, 0) is 12.5 Å². The molecule has 0 atom stereocenters. The summed E-state index contributed by atoms with van der Waals surface area (Å²) in [6, 6.07) is 1.74. The Bertz CT molecular complexity index is 492. The van der Waals surface area contributed by atoms with Crippen LogP contribution in [0.25, 0.3) is 0 Å². The zero-order valence-corrected chi connectivity index (χ0v) is 11.1. The van der Waals surface area contributed by atoms with Crippen LogP contribution in [0.4, 0.5) is 0 Å². The van der Waals surface area contributed by atoms with Crippen molar-refractivity contribution in [1.82, 2.24) is 20.1 Å². The van der Waals surface area contributed by atoms with Crippen molar-refractivity contribution in [3.8, 4) is 0 Å². The zero-order valence-electron chi connectivity index (χ0n) is 10.3. The lowest BCUT2D eigenvalue weighted by Gasteiger charge is -2.06. The van der Waals surface area contributed by atoms with E-state index in [1.54, 1.807) is 34.5 Å². The standard InChI is InChI=1S/C12H16N4OS/c1-2-8-16-10(3-6-15-16)12(17)14-5-4-11-13-7-9-18-11/h3,6-7,9H,2,4-5,8H2,1H3,(H,14,17). The molecule has 0 saturated carbocycles. The Morgan fingerprint density at radius 1 is 1.50 bits per heavy atom. The van der Waals surface area contributed by atoms with E-state index in [1.807, 2.05) is 5.38 Å². The maximum atomic E-state index is 11.9. The predicted octanol–water partition coefficient (Wildman–Crippen LogP) is 1.72. The Kier molecular flexibility index (Phi) is 4.46. The lowest BCUT2D eigenvalue weighted by molar-refractivity contribution is 0.0943. The van der Waals surface area contributed by atoms with E-state index in [2.05, 4.69) is 22.3 Å². The highest BCUT2D eigenvalue weighted by Gasteiger charge is 2.10. The van der Waals surface area contributed by atoms with Gasteiger partial charge in [0.2, 0.25) is 0 Å². The SMILES string of the molecule is CCCn1nccc1C(=O)NCCc1nccs1. The van der Waals surface area contributed by atoms with Crippen LogP contribution in [0.3, 0.4) is 0 Å². The first-order valence-corrected chi connectivity index (χ1v) is 6.87. The Labute approximate surface area is 110 Å². The number of carbonyl (C=O) groups is 1. The fourth-order valence-electron chi connectivity index (χ4n) is 1.67. The van der Waals surface area contributed by atoms with E-state index in [0.29, 0.717) is 12.2 Å². The third-order valence-electron chi connectivity index (χ3n) is 2.49. The second-order valence-corrected chi connectivity index (χ2v) is 4.85. The molecule has 0 spiro atoms. The van der Waals surface area contributed by atoms with Crippen LogP contribution in [0.5, 0.6) is 0 Å². The first-order chi connectivity index (χ1) is 8.81. The van der Waals surface area contributed by atoms with Gasteiger partial charge in [0.05, 0.1) is 5.01 Å². The summed E-state index contributed by atoms with van der Waals surface area (Å²) in [5, 5.41) is 10.00. The van der Waals surface area contributed by atoms with Gasteiger partial charge in [-0.2, -0.15) is 5.10 Å². The number of hydrogen-bond donors (Lipinski definition) is 1. The number of aromatic nitrogens is 3. The van der Waals surface area contributed by atoms with Crippen molar-refractivity contribution in [2.45, 2.75) is 26.3 Å². The number of nitrogens with one attached hydrogen (secondary N) is 1. The molecule has 6 heteroatoms. The van der Waals surface area contributed by atoms with Crippen molar-refractivity contribution in [1.29, 1.82) is 0 Å². The highest BCUT2D eigenvalue weighted by Crippen LogP contribution is 2.04. The summed E-state index contributed by atoms with van der Waals surface area (Å²) >= 11 is 1.60. The molecule has 0 aliphatic rings. The third kappa shape index (κ3) is 3.16. The second kappa shape index (κ2) is 6.30. The van der Waals surface area contributed by atoms with Gasteiger partial charge in [0.1, 0.15) is 5.69 Å². The summed E-state index contributed by atoms with van der Waals surface area (Å²) in [5.74, 6) is -0.0718. The van der Waals surface area contributed by atoms with Crippen LogP contribution in [-0.4, -0.2) is 27.2 Å². The van der Waals surface area contributed by atoms with Gasteiger partial charge in [-0.3, -0.25) is 9.48 Å². The largest absolute Gasteiger partial charge is 0.350 e. The average Bonchev–Trinajstić information content (AvgIpc) is 3.00. The third-order valence-corrected chi connectivity index (χ3v) is 3.33. The van der Waals surface area contributed by atoms with E-state index in [4.69, 9.17) is 0 Å². The number of carbonyl (C=O) groups excluding carboxylic acids is 1. The molecule has 1 amide bonds. The molecule has 2 rings (SSSR count). The second-order valence-electron chi connectivity index (χ2n) is 3.87. The fourth-order valence-corrected chi connectivity index (χ4v) is 2.29. The fraction of sp³-hybridized carbons (Fsp3) is 0.417. The molecule has 2 aromatic heterocycles. The molecule has 0 bridgehead atoms. The molecule has 2 aromatic rings. The molecular weight excluding hydrogens is 248 g/mol. The van der Waals surface area contributed by atoms with Gasteiger partial charge in [-0.1, -0.05) is 6.92 Å². The zero-order chi connectivity index (χ0) is 12.8. The van der Waals surface area contributed by atoms with Crippen molar-refractivity contribution in [2.75, 3.05) is 6.54 Å². The number of thiazole rings is 1. The van der Waals surface area contributed by atoms with Gasteiger partial charge in [0, 0.05) is 37.3 Å². The Morgan fingerprint density at radius 2 is 2.39 bits per heavy atom. The lowest BCUT2D eigenvalue weighted by Crippen LogP contribution is -2.28. The van der Waals surface area contributed by atoms with E-state index in [-0.39, 0.29) is 5.91 Å². The predicted molar refractivity (Wildman–Crippen MR) is 70.7 cm³/mol. The summed E-state index contributed by atoms with van der Waals surface area (Å²) in [5.41, 5.74) is 0.621. The van der Waals surface area contributed by atoms with E-state index >= 15 is 0 Å². The summed E-state index contributed by atoms with van der Waals surface area (Å²) in [4.78, 5) is 16.1. The van der Waals surface area contributed by atoms with Crippen molar-refractivity contribution < 1.29 is 4.79 Å². The van der Waals surface area contributed by atoms with Crippen LogP contribution in [0.15, 0.2) is 23.8 Å². The Hall–Kier alpha value is -1.69. The van der Waals surface area contributed by atoms with Crippen LogP contribution < -0.4 is 5.32 Å². The number of rotatable bonds is 6. The van der Waals surface area contributed by atoms with Gasteiger partial charge < -0.3 is 5.32 Å². The van der Waals surface area contributed by atoms with Crippen molar-refractivity contribution in [3.05, 3.63) is 34.5 Å². The molecule has 5 nitrogen and oxygen atoms in total. The highest BCUT2D eigenvalue weighted by atomic mass is 32.1. The molecule has 96 valence electrons. The summed E-state index contributed by atoms with van der Waals surface area (Å²) in [7, 11) is 0. The molecule has 18 heavy (non-hydrogen) atoms. The van der Waals surface area contributed by atoms with E-state index in [0.717, 1.165) is 24.4 Å². The van der Waals surface area contributed by atoms with Crippen LogP contribution in [0.2, 0.25) is 0 Å². The minimum atomic E-state index is -0.0718. The monoisotopic (exact) mass is 264 g/mol. The molecular formula is C12H16N4OS. The van der Waals surface area contributed by atoms with Crippen LogP contribution in [-0.2, 0) is 13.0 Å². The molecule has 0 fully saturated rings. The first kappa shape index (κ1) is 12.8. The highest BCUT2D eigenvalue weighted by molar-refractivity contribution is 7.09. The molecule has 0 aliphatic heterocycles. The summed E-state index contributed by atoms with van der Waals surface area (Å²) < 4.78 is 1.73. The summed E-state index contributed by atoms with van der Waals surface area (Å²) in [6.45, 7) is 3.43. The Balaban J connectivity index is 1.85. The molecule has 2 heterocycles. The quantitative estimate of drug-likeness (QED) is 0.864. The van der Waals surface area contributed by atoms with E-state index in [9.17, 15) is 4.79 Å². The number of nitrogens with zero attached hydrogens (tertiary/aromatic N) is 3. The Morgan fingerprint density at radius 3 is 3.11 bits per heavy atom. The molecule has 1 N–H and O–H groups in total. The van der Waals surface area contributed by atoms with Crippen LogP contribution in [0, 0.1) is 0 Å². The smallest absolute Gasteiger partial charge is 0.269 e. The molecule has 0 aromatic carbocycles. The van der Waals surface area contributed by atoms with Gasteiger partial charge in [0.15, 0.2) is 0 Å². The maximum absolute atomic E-state index is 11.9. The van der Waals surface area contributed by atoms with E-state index < -0.39 is 0 Å². The number of amides is 1. The summed E-state index contributed by atoms with van der Waals surface area (Å²) in [6.07, 6.45) is 5.16. The number of hydrogen-bond acceptors (Lipinski definition) is 4. The first-order valence-electron chi connectivity index (χ1n) is 5.99. The maximum Gasteiger partial charge on any atom is 0.269 e. The molecule has 0 saturated heterocycles. The van der Waals surface area contributed by atoms with Gasteiger partial charge in [-0.15, -0.1) is 11.3 Å². The average molecular weight is 264 g/mol. The van der Waals surface area contributed by atoms with E-state index in [1.165, 1.54) is 0 Å². The minimum Gasteiger partial charge on any atom is -0.350 e. The van der Waals surface area contributed by atoms with Gasteiger partial charge >= 0.3 is 0 Å². The van der Waals surface area contributed by atoms with Gasteiger partial charge in [0.25, 0.3) is 5.91 Å². The molecule has 0 unspecified atom stereocenters. The minimum absolute atomic E-state index is 0.0718. The van der Waals surface area contributed by atoms with Crippen LogP contribution >= 0.6 is 11.3 Å². The topological polar surface area (TPSA) is 59.8 Å². The number of aryl methyl sites for hydroxylation is 1. The van der Waals surface area contributed by atoms with Gasteiger partial charge in [-0.25, -0.2) is 4.98 Å². The normalized spacial score (nSPS) is 10.5. The van der Waals surface area contributed by atoms with Crippen molar-refractivity contribution in [3.63, 3.8) is 0 Å². The molecule has 0 aliphatic carbocycles. The van der Waals surface area contributed by atoms with Crippen molar-refractivity contribution >= 4 is 17.2 Å². The van der Waals surface area contributed by atoms with Crippen LogP contribution in [0.1, 0.15) is 28.8 Å².